The molecule has 0 N–H and O–H groups in total. The van der Waals surface area contributed by atoms with Gasteiger partial charge in [-0.1, -0.05) is 0 Å². The van der Waals surface area contributed by atoms with Crippen LogP contribution in [-0.2, 0) is 19.2 Å². The van der Waals surface area contributed by atoms with Crippen LogP contribution in [-0.4, -0.2) is 25.0 Å². The topological polar surface area (TPSA) is 36.9 Å². The van der Waals surface area contributed by atoms with Gasteiger partial charge in [-0.25, -0.2) is 0 Å². The Kier molecular flexibility index (Phi) is 2.45. The summed E-state index contributed by atoms with van der Waals surface area (Å²) in [6, 6.07) is 0. The Bertz CT molecular complexity index is 249. The van der Waals surface area contributed by atoms with E-state index in [9.17, 15) is 13.2 Å². The van der Waals surface area contributed by atoms with Gasteiger partial charge in [0.2, 0.25) is 5.79 Å². The highest BCUT2D eigenvalue weighted by Gasteiger charge is 2.69. The van der Waals surface area contributed by atoms with Gasteiger partial charge in [0.25, 0.3) is 0 Å². The molecule has 0 aromatic heterocycles. The van der Waals surface area contributed by atoms with Gasteiger partial charge in [-0.2, -0.15) is 22.9 Å². The molecule has 1 aliphatic carbocycles. The van der Waals surface area contributed by atoms with Crippen molar-refractivity contribution >= 4 is 0 Å². The number of methoxy groups -OCH3 is 1. The van der Waals surface area contributed by atoms with Crippen molar-refractivity contribution in [1.82, 2.24) is 0 Å². The molecule has 1 saturated carbocycles. The monoisotopic (exact) mass is 228 g/mol. The van der Waals surface area contributed by atoms with E-state index in [1.807, 2.05) is 0 Å². The van der Waals surface area contributed by atoms with Gasteiger partial charge in [0.05, 0.1) is 0 Å². The largest absolute Gasteiger partial charge is 0.475 e. The fourth-order valence-electron chi connectivity index (χ4n) is 1.81. The highest BCUT2D eigenvalue weighted by atomic mass is 19.4. The Morgan fingerprint density at radius 2 is 1.73 bits per heavy atom. The molecule has 1 unspecified atom stereocenters. The van der Waals surface area contributed by atoms with E-state index in [1.54, 1.807) is 0 Å². The first-order chi connectivity index (χ1) is 6.93. The summed E-state index contributed by atoms with van der Waals surface area (Å²) in [4.78, 5) is 8.89. The summed E-state index contributed by atoms with van der Waals surface area (Å²) in [7, 11) is 0.866. The second-order valence-corrected chi connectivity index (χ2v) is 3.64. The summed E-state index contributed by atoms with van der Waals surface area (Å²) in [6.45, 7) is 0. The Labute approximate surface area is 84.2 Å². The molecule has 0 amide bonds. The van der Waals surface area contributed by atoms with Gasteiger partial charge in [0.1, 0.15) is 0 Å². The first-order valence-corrected chi connectivity index (χ1v) is 4.62. The van der Waals surface area contributed by atoms with Crippen molar-refractivity contribution < 1.29 is 32.4 Å². The van der Waals surface area contributed by atoms with Gasteiger partial charge in [0, 0.05) is 20.0 Å². The molecule has 1 heterocycles. The van der Waals surface area contributed by atoms with Crippen LogP contribution in [0.2, 0.25) is 0 Å². The van der Waals surface area contributed by atoms with E-state index in [1.165, 1.54) is 0 Å². The standard InChI is InChI=1S/C8H11F3O4/c1-12-8(7(9,10)11)13-6(14-15-8)4-2-3-5-6/h2-5H2,1H3. The Morgan fingerprint density at radius 3 is 2.13 bits per heavy atom. The third kappa shape index (κ3) is 1.63. The zero-order valence-electron chi connectivity index (χ0n) is 8.10. The number of halogens is 3. The van der Waals surface area contributed by atoms with Crippen LogP contribution in [0, 0.1) is 0 Å². The first kappa shape index (κ1) is 11.1. The van der Waals surface area contributed by atoms with Crippen LogP contribution in [0.1, 0.15) is 25.7 Å². The lowest BCUT2D eigenvalue weighted by Crippen LogP contribution is -2.49. The second kappa shape index (κ2) is 3.31. The van der Waals surface area contributed by atoms with Crippen molar-refractivity contribution in [1.29, 1.82) is 0 Å². The molecule has 0 aromatic rings. The maximum absolute atomic E-state index is 12.6. The minimum Gasteiger partial charge on any atom is -0.322 e. The smallest absolute Gasteiger partial charge is 0.322 e. The van der Waals surface area contributed by atoms with Crippen LogP contribution in [0.4, 0.5) is 13.2 Å². The number of rotatable bonds is 1. The lowest BCUT2D eigenvalue weighted by atomic mass is 10.2. The minimum atomic E-state index is -4.78. The van der Waals surface area contributed by atoms with E-state index in [2.05, 4.69) is 14.5 Å². The second-order valence-electron chi connectivity index (χ2n) is 3.64. The fourth-order valence-corrected chi connectivity index (χ4v) is 1.81. The van der Waals surface area contributed by atoms with Gasteiger partial charge in [-0.05, 0) is 12.8 Å². The minimum absolute atomic E-state index is 0.383. The maximum Gasteiger partial charge on any atom is 0.475 e. The van der Waals surface area contributed by atoms with Gasteiger partial charge in [0.15, 0.2) is 0 Å². The number of alkyl halides is 3. The lowest BCUT2D eigenvalue weighted by Gasteiger charge is -2.26. The molecule has 1 saturated heterocycles. The van der Waals surface area contributed by atoms with Gasteiger partial charge >= 0.3 is 12.1 Å². The summed E-state index contributed by atoms with van der Waals surface area (Å²) in [5, 5.41) is 0. The van der Waals surface area contributed by atoms with Crippen LogP contribution in [0.5, 0.6) is 0 Å². The van der Waals surface area contributed by atoms with Crippen molar-refractivity contribution in [3.8, 4) is 0 Å². The Hall–Kier alpha value is -0.370. The zero-order chi connectivity index (χ0) is 11.2. The molecular formula is C8H11F3O4. The third-order valence-corrected chi connectivity index (χ3v) is 2.60. The molecular weight excluding hydrogens is 217 g/mol. The molecule has 4 nitrogen and oxygen atoms in total. The molecule has 88 valence electrons. The van der Waals surface area contributed by atoms with E-state index in [-0.39, 0.29) is 0 Å². The van der Waals surface area contributed by atoms with Gasteiger partial charge in [-0.3, -0.25) is 4.74 Å². The average Bonchev–Trinajstić information content (AvgIpc) is 2.74. The van der Waals surface area contributed by atoms with Crippen LogP contribution >= 0.6 is 0 Å². The third-order valence-electron chi connectivity index (χ3n) is 2.60. The molecule has 1 aliphatic heterocycles. The Balaban J connectivity index is 2.18. The molecule has 15 heavy (non-hydrogen) atoms. The van der Waals surface area contributed by atoms with E-state index in [4.69, 9.17) is 4.74 Å². The SMILES string of the molecule is COC1(C(F)(F)F)OOC2(CCCC2)O1. The zero-order valence-corrected chi connectivity index (χ0v) is 8.10. The van der Waals surface area contributed by atoms with Crippen LogP contribution in [0.15, 0.2) is 0 Å². The quantitative estimate of drug-likeness (QED) is 0.644. The first-order valence-electron chi connectivity index (χ1n) is 4.62. The highest BCUT2D eigenvalue weighted by Crippen LogP contribution is 2.49. The summed E-state index contributed by atoms with van der Waals surface area (Å²) >= 11 is 0. The molecule has 2 fully saturated rings. The summed E-state index contributed by atoms with van der Waals surface area (Å²) in [6.07, 6.45) is -2.52. The van der Waals surface area contributed by atoms with E-state index >= 15 is 0 Å². The van der Waals surface area contributed by atoms with Crippen LogP contribution in [0.25, 0.3) is 0 Å². The molecule has 2 aliphatic rings. The van der Waals surface area contributed by atoms with Crippen LogP contribution < -0.4 is 0 Å². The Morgan fingerprint density at radius 1 is 1.13 bits per heavy atom. The van der Waals surface area contributed by atoms with Gasteiger partial charge < -0.3 is 4.74 Å². The molecule has 0 aromatic carbocycles. The molecule has 1 atom stereocenters. The molecule has 0 bridgehead atoms. The van der Waals surface area contributed by atoms with Gasteiger partial charge in [-0.15, -0.1) is 0 Å². The van der Waals surface area contributed by atoms with Crippen molar-refractivity contribution in [2.75, 3.05) is 7.11 Å². The number of ether oxygens (including phenoxy) is 2. The average molecular weight is 228 g/mol. The molecule has 1 spiro atoms. The fraction of sp³-hybridized carbons (Fsp3) is 1.00. The van der Waals surface area contributed by atoms with Crippen LogP contribution in [0.3, 0.4) is 0 Å². The predicted molar refractivity (Wildman–Crippen MR) is 40.2 cm³/mol. The molecule has 2 rings (SSSR count). The van der Waals surface area contributed by atoms with E-state index in [0.29, 0.717) is 12.8 Å². The van der Waals surface area contributed by atoms with E-state index in [0.717, 1.165) is 20.0 Å². The lowest BCUT2D eigenvalue weighted by molar-refractivity contribution is -0.492. The molecule has 7 heteroatoms. The predicted octanol–water partition coefficient (Wildman–Crippen LogP) is 2.10. The van der Waals surface area contributed by atoms with Crippen molar-refractivity contribution in [3.63, 3.8) is 0 Å². The maximum atomic E-state index is 12.6. The van der Waals surface area contributed by atoms with Crippen molar-refractivity contribution in [2.24, 2.45) is 0 Å². The highest BCUT2D eigenvalue weighted by molar-refractivity contribution is 4.83. The summed E-state index contributed by atoms with van der Waals surface area (Å²) in [5.74, 6) is -4.36. The summed E-state index contributed by atoms with van der Waals surface area (Å²) < 4.78 is 46.9. The summed E-state index contributed by atoms with van der Waals surface area (Å²) in [5.41, 5.74) is 0. The van der Waals surface area contributed by atoms with Crippen molar-refractivity contribution in [2.45, 2.75) is 43.6 Å². The normalized spacial score (nSPS) is 35.2. The van der Waals surface area contributed by atoms with E-state index < -0.39 is 17.9 Å². The number of hydrogen-bond donors (Lipinski definition) is 0. The van der Waals surface area contributed by atoms with Crippen molar-refractivity contribution in [3.05, 3.63) is 0 Å². The number of hydrogen-bond acceptors (Lipinski definition) is 4. The molecule has 0 radical (unpaired) electrons.